The number of nitrogens with one attached hydrogen (secondary N) is 2. The molecule has 2 aromatic carbocycles. The number of aryl methyl sites for hydroxylation is 3. The molecule has 220 valence electrons. The lowest BCUT2D eigenvalue weighted by Crippen LogP contribution is -2.37. The van der Waals surface area contributed by atoms with Crippen molar-refractivity contribution in [3.05, 3.63) is 80.3 Å². The van der Waals surface area contributed by atoms with Gasteiger partial charge in [0.25, 0.3) is 11.5 Å². The molecule has 4 rings (SSSR count). The van der Waals surface area contributed by atoms with Crippen molar-refractivity contribution >= 4 is 11.6 Å². The van der Waals surface area contributed by atoms with Gasteiger partial charge in [0.2, 0.25) is 0 Å². The Hall–Kier alpha value is -3.62. The summed E-state index contributed by atoms with van der Waals surface area (Å²) in [4.78, 5) is 33.4. The number of nitrogens with zero attached hydrogens (tertiary/aromatic N) is 2. The number of carbonyl (C=O) groups excluding carboxylic acids is 1. The third kappa shape index (κ3) is 7.57. The largest absolute Gasteiger partial charge is 0.494 e. The SMILES string of the molecule is CCN(C)c1cc(-c2ccc(OCCCN3CCOCC3)cc2C)cc(C(=O)NCc2c(C)cc(C)[nH]c2=O)c1C. The fraction of sp³-hybridized carbons (Fsp3) is 0.455. The van der Waals surface area contributed by atoms with Gasteiger partial charge in [-0.25, -0.2) is 0 Å². The Morgan fingerprint density at radius 1 is 1.07 bits per heavy atom. The summed E-state index contributed by atoms with van der Waals surface area (Å²) in [5.74, 6) is 0.648. The minimum absolute atomic E-state index is 0.166. The molecule has 1 amide bonds. The summed E-state index contributed by atoms with van der Waals surface area (Å²) >= 11 is 0. The van der Waals surface area contributed by atoms with E-state index in [1.54, 1.807) is 0 Å². The second-order valence-corrected chi connectivity index (χ2v) is 10.9. The minimum Gasteiger partial charge on any atom is -0.494 e. The van der Waals surface area contributed by atoms with E-state index in [1.807, 2.05) is 46.0 Å². The molecule has 2 heterocycles. The number of amides is 1. The van der Waals surface area contributed by atoms with Gasteiger partial charge < -0.3 is 24.7 Å². The molecule has 1 aliphatic rings. The Bertz CT molecular complexity index is 1430. The normalized spacial score (nSPS) is 13.7. The lowest BCUT2D eigenvalue weighted by Gasteiger charge is -2.26. The number of anilines is 1. The molecule has 0 atom stereocenters. The van der Waals surface area contributed by atoms with E-state index >= 15 is 0 Å². The van der Waals surface area contributed by atoms with Gasteiger partial charge in [0.15, 0.2) is 0 Å². The summed E-state index contributed by atoms with van der Waals surface area (Å²) in [6, 6.07) is 12.2. The molecule has 1 aromatic heterocycles. The van der Waals surface area contributed by atoms with E-state index in [2.05, 4.69) is 52.1 Å². The molecule has 0 unspecified atom stereocenters. The third-order valence-electron chi connectivity index (χ3n) is 7.93. The molecule has 8 heteroatoms. The van der Waals surface area contributed by atoms with Crippen LogP contribution in [-0.2, 0) is 11.3 Å². The first-order valence-electron chi connectivity index (χ1n) is 14.5. The second-order valence-electron chi connectivity index (χ2n) is 10.9. The summed E-state index contributed by atoms with van der Waals surface area (Å²) in [6.07, 6.45) is 0.970. The van der Waals surface area contributed by atoms with Gasteiger partial charge in [-0.15, -0.1) is 0 Å². The van der Waals surface area contributed by atoms with Crippen LogP contribution in [0.5, 0.6) is 5.75 Å². The topological polar surface area (TPSA) is 86.9 Å². The average Bonchev–Trinajstić information content (AvgIpc) is 2.95. The molecule has 3 aromatic rings. The van der Waals surface area contributed by atoms with Gasteiger partial charge in [-0.2, -0.15) is 0 Å². The fourth-order valence-electron chi connectivity index (χ4n) is 5.38. The van der Waals surface area contributed by atoms with E-state index in [0.29, 0.717) is 17.7 Å². The van der Waals surface area contributed by atoms with Crippen LogP contribution in [0.2, 0.25) is 0 Å². The smallest absolute Gasteiger partial charge is 0.253 e. The van der Waals surface area contributed by atoms with Crippen LogP contribution in [0.25, 0.3) is 11.1 Å². The number of morpholine rings is 1. The highest BCUT2D eigenvalue weighted by molar-refractivity contribution is 5.99. The molecular formula is C33H44N4O4. The van der Waals surface area contributed by atoms with E-state index in [-0.39, 0.29) is 18.0 Å². The monoisotopic (exact) mass is 560 g/mol. The van der Waals surface area contributed by atoms with E-state index in [4.69, 9.17) is 9.47 Å². The molecule has 1 saturated heterocycles. The van der Waals surface area contributed by atoms with E-state index in [9.17, 15) is 9.59 Å². The van der Waals surface area contributed by atoms with Crippen molar-refractivity contribution in [2.24, 2.45) is 0 Å². The highest BCUT2D eigenvalue weighted by atomic mass is 16.5. The molecule has 1 aliphatic heterocycles. The van der Waals surface area contributed by atoms with Crippen LogP contribution in [0.3, 0.4) is 0 Å². The second kappa shape index (κ2) is 13.8. The Morgan fingerprint density at radius 3 is 2.51 bits per heavy atom. The molecule has 1 fully saturated rings. The maximum atomic E-state index is 13.5. The molecule has 2 N–H and O–H groups in total. The first kappa shape index (κ1) is 30.3. The highest BCUT2D eigenvalue weighted by Crippen LogP contribution is 2.33. The van der Waals surface area contributed by atoms with Crippen LogP contribution in [0.4, 0.5) is 5.69 Å². The zero-order valence-corrected chi connectivity index (χ0v) is 25.4. The lowest BCUT2D eigenvalue weighted by molar-refractivity contribution is 0.0358. The number of pyridine rings is 1. The number of aromatic nitrogens is 1. The van der Waals surface area contributed by atoms with E-state index in [0.717, 1.165) is 90.8 Å². The number of ether oxygens (including phenoxy) is 2. The predicted molar refractivity (Wildman–Crippen MR) is 165 cm³/mol. The number of H-pyrrole nitrogens is 1. The standard InChI is InChI=1S/C33H44N4O4/c1-7-36(6)31-20-26(19-29(25(31)5)32(38)34-21-30-22(2)17-24(4)35-33(30)39)28-10-9-27(18-23(28)3)41-14-8-11-37-12-15-40-16-13-37/h9-10,17-20H,7-8,11-16,21H2,1-6H3,(H,34,38)(H,35,39). The van der Waals surface area contributed by atoms with Gasteiger partial charge >= 0.3 is 0 Å². The number of carbonyl (C=O) groups is 1. The van der Waals surface area contributed by atoms with E-state index in [1.165, 1.54) is 0 Å². The number of hydrogen-bond acceptors (Lipinski definition) is 6. The first-order valence-corrected chi connectivity index (χ1v) is 14.5. The van der Waals surface area contributed by atoms with Crippen LogP contribution in [0.1, 0.15) is 51.7 Å². The highest BCUT2D eigenvalue weighted by Gasteiger charge is 2.18. The fourth-order valence-corrected chi connectivity index (χ4v) is 5.38. The summed E-state index contributed by atoms with van der Waals surface area (Å²) in [6.45, 7) is 16.1. The van der Waals surface area contributed by atoms with Crippen LogP contribution in [0, 0.1) is 27.7 Å². The van der Waals surface area contributed by atoms with Crippen LogP contribution in [-0.4, -0.2) is 68.8 Å². The Labute approximate surface area is 243 Å². The summed E-state index contributed by atoms with van der Waals surface area (Å²) in [5.41, 5.74) is 7.68. The van der Waals surface area contributed by atoms with Gasteiger partial charge in [0.1, 0.15) is 5.75 Å². The Balaban J connectivity index is 1.52. The number of hydrogen-bond donors (Lipinski definition) is 2. The minimum atomic E-state index is -0.202. The zero-order chi connectivity index (χ0) is 29.5. The molecule has 0 aliphatic carbocycles. The first-order chi connectivity index (χ1) is 19.7. The van der Waals surface area contributed by atoms with Crippen molar-refractivity contribution in [1.29, 1.82) is 0 Å². The van der Waals surface area contributed by atoms with Crippen molar-refractivity contribution in [2.45, 2.75) is 47.6 Å². The van der Waals surface area contributed by atoms with Gasteiger partial charge in [0.05, 0.1) is 19.8 Å². The summed E-state index contributed by atoms with van der Waals surface area (Å²) in [5, 5.41) is 2.99. The third-order valence-corrected chi connectivity index (χ3v) is 7.93. The van der Waals surface area contributed by atoms with Gasteiger partial charge in [-0.3, -0.25) is 14.5 Å². The zero-order valence-electron chi connectivity index (χ0n) is 25.4. The molecule has 0 spiro atoms. The summed E-state index contributed by atoms with van der Waals surface area (Å²) < 4.78 is 11.5. The molecule has 0 saturated carbocycles. The van der Waals surface area contributed by atoms with Crippen molar-refractivity contribution < 1.29 is 14.3 Å². The van der Waals surface area contributed by atoms with Gasteiger partial charge in [-0.1, -0.05) is 6.07 Å². The molecule has 0 radical (unpaired) electrons. The Morgan fingerprint density at radius 2 is 1.83 bits per heavy atom. The average molecular weight is 561 g/mol. The van der Waals surface area contributed by atoms with Crippen LogP contribution in [0.15, 0.2) is 41.2 Å². The van der Waals surface area contributed by atoms with Crippen molar-refractivity contribution in [3.63, 3.8) is 0 Å². The lowest BCUT2D eigenvalue weighted by atomic mass is 9.94. The molecule has 41 heavy (non-hydrogen) atoms. The quantitative estimate of drug-likeness (QED) is 0.329. The molecule has 0 bridgehead atoms. The summed E-state index contributed by atoms with van der Waals surface area (Å²) in [7, 11) is 2.03. The maximum Gasteiger partial charge on any atom is 0.253 e. The number of aromatic amines is 1. The molecule has 8 nitrogen and oxygen atoms in total. The van der Waals surface area contributed by atoms with Crippen molar-refractivity contribution in [3.8, 4) is 16.9 Å². The Kier molecular flexibility index (Phi) is 10.2. The molecular weight excluding hydrogens is 516 g/mol. The maximum absolute atomic E-state index is 13.5. The van der Waals surface area contributed by atoms with Crippen molar-refractivity contribution in [1.82, 2.24) is 15.2 Å². The van der Waals surface area contributed by atoms with Crippen LogP contribution < -0.4 is 20.5 Å². The predicted octanol–water partition coefficient (Wildman–Crippen LogP) is 4.76. The van der Waals surface area contributed by atoms with Gasteiger partial charge in [-0.05, 0) is 99.2 Å². The number of rotatable bonds is 11. The number of benzene rings is 2. The van der Waals surface area contributed by atoms with Gasteiger partial charge in [0, 0.05) is 62.3 Å². The van der Waals surface area contributed by atoms with E-state index < -0.39 is 0 Å². The van der Waals surface area contributed by atoms with Crippen LogP contribution >= 0.6 is 0 Å². The van der Waals surface area contributed by atoms with Crippen molar-refractivity contribution in [2.75, 3.05) is 57.9 Å².